The molecule has 0 bridgehead atoms. The minimum Gasteiger partial charge on any atom is -0.306 e. The fourth-order valence-electron chi connectivity index (χ4n) is 2.30. The molecule has 0 aliphatic carbocycles. The molecule has 0 aliphatic heterocycles. The molecule has 1 unspecified atom stereocenters. The summed E-state index contributed by atoms with van der Waals surface area (Å²) in [5.41, 5.74) is 2.96. The molecule has 3 heteroatoms. The molecule has 0 radical (unpaired) electrons. The highest BCUT2D eigenvalue weighted by molar-refractivity contribution is 5.37. The molecule has 0 aromatic heterocycles. The molecule has 20 heavy (non-hydrogen) atoms. The second kappa shape index (κ2) is 6.62. The van der Waals surface area contributed by atoms with E-state index in [1.807, 2.05) is 31.2 Å². The van der Waals surface area contributed by atoms with Gasteiger partial charge in [-0.3, -0.25) is 0 Å². The van der Waals surface area contributed by atoms with E-state index in [0.717, 1.165) is 29.7 Å². The molecule has 2 rings (SSSR count). The molecule has 0 aliphatic rings. The topological polar surface area (TPSA) is 12.0 Å². The smallest absolute Gasteiger partial charge is 0.159 e. The van der Waals surface area contributed by atoms with E-state index in [1.54, 1.807) is 6.07 Å². The van der Waals surface area contributed by atoms with Crippen LogP contribution >= 0.6 is 0 Å². The predicted octanol–water partition coefficient (Wildman–Crippen LogP) is 4.36. The summed E-state index contributed by atoms with van der Waals surface area (Å²) in [4.78, 5) is 0. The Bertz CT molecular complexity index is 581. The van der Waals surface area contributed by atoms with Gasteiger partial charge < -0.3 is 5.32 Å². The van der Waals surface area contributed by atoms with Gasteiger partial charge in [0.25, 0.3) is 0 Å². The molecule has 106 valence electrons. The third kappa shape index (κ3) is 3.23. The summed E-state index contributed by atoms with van der Waals surface area (Å²) in [6, 6.07) is 12.0. The van der Waals surface area contributed by atoms with Crippen molar-refractivity contribution < 1.29 is 8.78 Å². The van der Waals surface area contributed by atoms with Crippen molar-refractivity contribution in [1.29, 1.82) is 0 Å². The van der Waals surface area contributed by atoms with E-state index in [2.05, 4.69) is 12.2 Å². The summed E-state index contributed by atoms with van der Waals surface area (Å²) < 4.78 is 26.6. The van der Waals surface area contributed by atoms with Gasteiger partial charge in [-0.15, -0.1) is 0 Å². The summed E-state index contributed by atoms with van der Waals surface area (Å²) in [6.07, 6.45) is 0.978. The third-order valence-corrected chi connectivity index (χ3v) is 3.37. The molecule has 2 aromatic carbocycles. The minimum atomic E-state index is -0.812. The van der Waals surface area contributed by atoms with Gasteiger partial charge in [0, 0.05) is 0 Å². The SMILES string of the molecule is CCCNC(c1ccc(F)c(F)c1)c1ccccc1C. The first kappa shape index (κ1) is 14.7. The van der Waals surface area contributed by atoms with Crippen LogP contribution in [-0.2, 0) is 0 Å². The molecule has 0 spiro atoms. The lowest BCUT2D eigenvalue weighted by Crippen LogP contribution is -2.24. The van der Waals surface area contributed by atoms with Crippen molar-refractivity contribution in [2.24, 2.45) is 0 Å². The van der Waals surface area contributed by atoms with Gasteiger partial charge in [-0.25, -0.2) is 8.78 Å². The van der Waals surface area contributed by atoms with Crippen LogP contribution in [0.5, 0.6) is 0 Å². The number of nitrogens with one attached hydrogen (secondary N) is 1. The van der Waals surface area contributed by atoms with Crippen molar-refractivity contribution >= 4 is 0 Å². The first-order valence-electron chi connectivity index (χ1n) is 6.87. The van der Waals surface area contributed by atoms with Gasteiger partial charge in [-0.05, 0) is 48.7 Å². The third-order valence-electron chi connectivity index (χ3n) is 3.37. The van der Waals surface area contributed by atoms with Crippen LogP contribution in [0, 0.1) is 18.6 Å². The maximum absolute atomic E-state index is 13.5. The van der Waals surface area contributed by atoms with E-state index in [-0.39, 0.29) is 6.04 Å². The summed E-state index contributed by atoms with van der Waals surface area (Å²) in [5.74, 6) is -1.62. The maximum Gasteiger partial charge on any atom is 0.159 e. The fraction of sp³-hybridized carbons (Fsp3) is 0.294. The lowest BCUT2D eigenvalue weighted by Gasteiger charge is -2.21. The summed E-state index contributed by atoms with van der Waals surface area (Å²) >= 11 is 0. The van der Waals surface area contributed by atoms with Crippen molar-refractivity contribution in [2.45, 2.75) is 26.3 Å². The fourth-order valence-corrected chi connectivity index (χ4v) is 2.30. The normalized spacial score (nSPS) is 12.4. The molecule has 0 amide bonds. The monoisotopic (exact) mass is 275 g/mol. The van der Waals surface area contributed by atoms with Gasteiger partial charge in [0.1, 0.15) is 0 Å². The average Bonchev–Trinajstić information content (AvgIpc) is 2.44. The Kier molecular flexibility index (Phi) is 4.85. The minimum absolute atomic E-state index is 0.119. The van der Waals surface area contributed by atoms with Gasteiger partial charge in [0.15, 0.2) is 11.6 Å². The van der Waals surface area contributed by atoms with E-state index in [9.17, 15) is 8.78 Å². The first-order chi connectivity index (χ1) is 9.63. The van der Waals surface area contributed by atoms with Gasteiger partial charge >= 0.3 is 0 Å². The van der Waals surface area contributed by atoms with E-state index in [4.69, 9.17) is 0 Å². The van der Waals surface area contributed by atoms with Gasteiger partial charge in [-0.1, -0.05) is 37.3 Å². The molecule has 0 saturated carbocycles. The van der Waals surface area contributed by atoms with E-state index in [0.29, 0.717) is 0 Å². The van der Waals surface area contributed by atoms with Crippen molar-refractivity contribution in [3.05, 3.63) is 70.8 Å². The van der Waals surface area contributed by atoms with Crippen LogP contribution in [0.25, 0.3) is 0 Å². The van der Waals surface area contributed by atoms with Gasteiger partial charge in [0.05, 0.1) is 6.04 Å². The number of hydrogen-bond acceptors (Lipinski definition) is 1. The highest BCUT2D eigenvalue weighted by Gasteiger charge is 2.16. The standard InChI is InChI=1S/C17H19F2N/c1-3-10-20-17(14-7-5-4-6-12(14)2)13-8-9-15(18)16(19)11-13/h4-9,11,17,20H,3,10H2,1-2H3. The zero-order chi connectivity index (χ0) is 14.5. The lowest BCUT2D eigenvalue weighted by molar-refractivity contribution is 0.503. The number of aryl methyl sites for hydroxylation is 1. The zero-order valence-electron chi connectivity index (χ0n) is 11.8. The molecule has 1 nitrogen and oxygen atoms in total. The highest BCUT2D eigenvalue weighted by atomic mass is 19.2. The van der Waals surface area contributed by atoms with Crippen LogP contribution in [0.3, 0.4) is 0 Å². The molecule has 0 fully saturated rings. The van der Waals surface area contributed by atoms with Crippen LogP contribution in [0.15, 0.2) is 42.5 Å². The lowest BCUT2D eigenvalue weighted by atomic mass is 9.95. The molecule has 1 N–H and O–H groups in total. The number of benzene rings is 2. The number of hydrogen-bond donors (Lipinski definition) is 1. The van der Waals surface area contributed by atoms with E-state index >= 15 is 0 Å². The first-order valence-corrected chi connectivity index (χ1v) is 6.87. The molecular weight excluding hydrogens is 256 g/mol. The van der Waals surface area contributed by atoms with Crippen LogP contribution in [0.2, 0.25) is 0 Å². The maximum atomic E-state index is 13.5. The predicted molar refractivity (Wildman–Crippen MR) is 77.7 cm³/mol. The Hall–Kier alpha value is -1.74. The molecule has 0 heterocycles. The molecule has 0 saturated heterocycles. The second-order valence-corrected chi connectivity index (χ2v) is 4.92. The summed E-state index contributed by atoms with van der Waals surface area (Å²) in [7, 11) is 0. The van der Waals surface area contributed by atoms with E-state index < -0.39 is 11.6 Å². The Balaban J connectivity index is 2.41. The Morgan fingerprint density at radius 1 is 1.05 bits per heavy atom. The van der Waals surface area contributed by atoms with Crippen LogP contribution < -0.4 is 5.32 Å². The number of rotatable bonds is 5. The van der Waals surface area contributed by atoms with Crippen molar-refractivity contribution in [2.75, 3.05) is 6.54 Å². The quantitative estimate of drug-likeness (QED) is 0.854. The second-order valence-electron chi connectivity index (χ2n) is 4.92. The zero-order valence-corrected chi connectivity index (χ0v) is 11.8. The van der Waals surface area contributed by atoms with Crippen LogP contribution in [0.1, 0.15) is 36.1 Å². The molecule has 2 aromatic rings. The Morgan fingerprint density at radius 2 is 1.80 bits per heavy atom. The molecular formula is C17H19F2N. The van der Waals surface area contributed by atoms with Crippen LogP contribution in [-0.4, -0.2) is 6.54 Å². The van der Waals surface area contributed by atoms with Crippen molar-refractivity contribution in [3.63, 3.8) is 0 Å². The number of halogens is 2. The van der Waals surface area contributed by atoms with Crippen molar-refractivity contribution in [1.82, 2.24) is 5.32 Å². The summed E-state index contributed by atoms with van der Waals surface area (Å²) in [6.45, 7) is 4.92. The van der Waals surface area contributed by atoms with Gasteiger partial charge in [-0.2, -0.15) is 0 Å². The van der Waals surface area contributed by atoms with Gasteiger partial charge in [0.2, 0.25) is 0 Å². The van der Waals surface area contributed by atoms with E-state index in [1.165, 1.54) is 12.1 Å². The van der Waals surface area contributed by atoms with Crippen LogP contribution in [0.4, 0.5) is 8.78 Å². The summed E-state index contributed by atoms with van der Waals surface area (Å²) in [5, 5.41) is 3.40. The largest absolute Gasteiger partial charge is 0.306 e. The average molecular weight is 275 g/mol. The molecule has 1 atom stereocenters. The highest BCUT2D eigenvalue weighted by Crippen LogP contribution is 2.26. The Labute approximate surface area is 118 Å². The Morgan fingerprint density at radius 3 is 2.45 bits per heavy atom. The van der Waals surface area contributed by atoms with Crippen molar-refractivity contribution in [3.8, 4) is 0 Å².